The monoisotopic (exact) mass is 272 g/mol. The second-order valence-electron chi connectivity index (χ2n) is 4.80. The third kappa shape index (κ3) is 3.46. The summed E-state index contributed by atoms with van der Waals surface area (Å²) >= 11 is 6.15. The average molecular weight is 273 g/mol. The van der Waals surface area contributed by atoms with Crippen molar-refractivity contribution in [2.45, 2.75) is 31.1 Å². The van der Waals surface area contributed by atoms with E-state index in [-0.39, 0.29) is 5.75 Å². The van der Waals surface area contributed by atoms with Crippen molar-refractivity contribution in [1.29, 1.82) is 0 Å². The van der Waals surface area contributed by atoms with Gasteiger partial charge in [0, 0.05) is 6.26 Å². The Bertz CT molecular complexity index is 508. The molecule has 2 nitrogen and oxygen atoms in total. The third-order valence-electron chi connectivity index (χ3n) is 3.18. The molecular weight excluding hydrogens is 256 g/mol. The molecule has 17 heavy (non-hydrogen) atoms. The first-order chi connectivity index (χ1) is 7.96. The average Bonchev–Trinajstić information content (AvgIpc) is 2.26. The van der Waals surface area contributed by atoms with E-state index < -0.39 is 15.2 Å². The quantitative estimate of drug-likeness (QED) is 0.793. The third-order valence-corrected chi connectivity index (χ3v) is 4.71. The molecule has 0 saturated carbocycles. The molecule has 0 radical (unpaired) electrons. The van der Waals surface area contributed by atoms with Crippen molar-refractivity contribution in [2.24, 2.45) is 0 Å². The first-order valence-electron chi connectivity index (χ1n) is 5.89. The van der Waals surface area contributed by atoms with Gasteiger partial charge in [-0.2, -0.15) is 0 Å². The van der Waals surface area contributed by atoms with Crippen LogP contribution in [0.25, 0.3) is 0 Å². The maximum atomic E-state index is 11.2. The van der Waals surface area contributed by atoms with Crippen molar-refractivity contribution in [3.8, 4) is 0 Å². The van der Waals surface area contributed by atoms with Crippen LogP contribution in [0, 0.1) is 0 Å². The van der Waals surface area contributed by atoms with Gasteiger partial charge in [0.15, 0.2) is 0 Å². The zero-order chi connectivity index (χ0) is 12.5. The molecule has 94 valence electrons. The first kappa shape index (κ1) is 12.9. The van der Waals surface area contributed by atoms with E-state index in [2.05, 4.69) is 12.1 Å². The van der Waals surface area contributed by atoms with Crippen LogP contribution in [-0.4, -0.2) is 20.4 Å². The predicted molar refractivity (Wildman–Crippen MR) is 71.4 cm³/mol. The minimum absolute atomic E-state index is 0.00728. The Hall–Kier alpha value is -0.540. The smallest absolute Gasteiger partial charge is 0.149 e. The summed E-state index contributed by atoms with van der Waals surface area (Å²) < 4.78 is 22.4. The lowest BCUT2D eigenvalue weighted by Crippen LogP contribution is -2.10. The van der Waals surface area contributed by atoms with Crippen LogP contribution >= 0.6 is 11.6 Å². The topological polar surface area (TPSA) is 34.1 Å². The van der Waals surface area contributed by atoms with E-state index in [1.807, 2.05) is 6.07 Å². The van der Waals surface area contributed by atoms with Crippen LogP contribution in [0.4, 0.5) is 0 Å². The van der Waals surface area contributed by atoms with E-state index >= 15 is 0 Å². The molecule has 0 aromatic heterocycles. The summed E-state index contributed by atoms with van der Waals surface area (Å²) in [6, 6.07) is 6.14. The van der Waals surface area contributed by atoms with Gasteiger partial charge >= 0.3 is 0 Å². The molecule has 0 fully saturated rings. The molecule has 1 aliphatic carbocycles. The standard InChI is InChI=1S/C13H17ClO2S/c1-17(15,16)9-13(14)12-7-6-10-4-2-3-5-11(10)8-12/h6-8,13H,2-5,9H2,1H3. The van der Waals surface area contributed by atoms with Crippen molar-refractivity contribution >= 4 is 21.4 Å². The number of aryl methyl sites for hydroxylation is 2. The van der Waals surface area contributed by atoms with Crippen LogP contribution in [-0.2, 0) is 22.7 Å². The van der Waals surface area contributed by atoms with Gasteiger partial charge < -0.3 is 0 Å². The highest BCUT2D eigenvalue weighted by atomic mass is 35.5. The Morgan fingerprint density at radius 1 is 1.24 bits per heavy atom. The Kier molecular flexibility index (Phi) is 3.79. The second kappa shape index (κ2) is 4.99. The van der Waals surface area contributed by atoms with Crippen LogP contribution < -0.4 is 0 Å². The molecule has 1 unspecified atom stereocenters. The van der Waals surface area contributed by atoms with Crippen molar-refractivity contribution in [3.05, 3.63) is 34.9 Å². The van der Waals surface area contributed by atoms with Crippen molar-refractivity contribution in [2.75, 3.05) is 12.0 Å². The summed E-state index contributed by atoms with van der Waals surface area (Å²) in [4.78, 5) is 0. The molecule has 1 aliphatic rings. The van der Waals surface area contributed by atoms with Crippen LogP contribution in [0.1, 0.15) is 34.9 Å². The predicted octanol–water partition coefficient (Wildman–Crippen LogP) is 2.89. The number of halogens is 1. The number of benzene rings is 1. The number of alkyl halides is 1. The highest BCUT2D eigenvalue weighted by Gasteiger charge is 2.17. The molecule has 1 aromatic carbocycles. The van der Waals surface area contributed by atoms with Gasteiger partial charge in [0.05, 0.1) is 11.1 Å². The van der Waals surface area contributed by atoms with Gasteiger partial charge in [-0.3, -0.25) is 0 Å². The fraction of sp³-hybridized carbons (Fsp3) is 0.538. The molecule has 0 amide bonds. The molecule has 0 N–H and O–H groups in total. The lowest BCUT2D eigenvalue weighted by atomic mass is 9.90. The summed E-state index contributed by atoms with van der Waals surface area (Å²) in [7, 11) is -3.02. The minimum Gasteiger partial charge on any atom is -0.229 e. The van der Waals surface area contributed by atoms with Gasteiger partial charge in [-0.05, 0) is 42.4 Å². The molecule has 0 heterocycles. The largest absolute Gasteiger partial charge is 0.229 e. The molecule has 0 bridgehead atoms. The summed E-state index contributed by atoms with van der Waals surface area (Å²) in [5.74, 6) is 0.00728. The number of hydrogen-bond acceptors (Lipinski definition) is 2. The Labute approximate surface area is 108 Å². The van der Waals surface area contributed by atoms with Crippen LogP contribution in [0.5, 0.6) is 0 Å². The maximum absolute atomic E-state index is 11.2. The van der Waals surface area contributed by atoms with Crippen LogP contribution in [0.15, 0.2) is 18.2 Å². The van der Waals surface area contributed by atoms with Gasteiger partial charge in [0.2, 0.25) is 0 Å². The molecule has 1 atom stereocenters. The SMILES string of the molecule is CS(=O)(=O)CC(Cl)c1ccc2c(c1)CCCC2. The summed E-state index contributed by atoms with van der Waals surface area (Å²) in [5, 5.41) is -0.433. The molecule has 0 spiro atoms. The Morgan fingerprint density at radius 2 is 1.88 bits per heavy atom. The van der Waals surface area contributed by atoms with E-state index in [0.29, 0.717) is 0 Å². The Balaban J connectivity index is 2.22. The summed E-state index contributed by atoms with van der Waals surface area (Å²) in [6.45, 7) is 0. The lowest BCUT2D eigenvalue weighted by molar-refractivity contribution is 0.600. The molecule has 1 aromatic rings. The molecule has 2 rings (SSSR count). The van der Waals surface area contributed by atoms with Crippen LogP contribution in [0.2, 0.25) is 0 Å². The van der Waals surface area contributed by atoms with Gasteiger partial charge in [0.25, 0.3) is 0 Å². The highest BCUT2D eigenvalue weighted by molar-refractivity contribution is 7.90. The van der Waals surface area contributed by atoms with Crippen molar-refractivity contribution < 1.29 is 8.42 Å². The van der Waals surface area contributed by atoms with Gasteiger partial charge in [-0.25, -0.2) is 8.42 Å². The van der Waals surface area contributed by atoms with Gasteiger partial charge in [0.1, 0.15) is 9.84 Å². The molecule has 0 saturated heterocycles. The van der Waals surface area contributed by atoms with E-state index in [1.165, 1.54) is 30.2 Å². The molecular formula is C13H17ClO2S. The van der Waals surface area contributed by atoms with E-state index in [4.69, 9.17) is 11.6 Å². The molecule has 0 aliphatic heterocycles. The minimum atomic E-state index is -3.02. The fourth-order valence-electron chi connectivity index (χ4n) is 2.31. The summed E-state index contributed by atoms with van der Waals surface area (Å²) in [6.07, 6.45) is 5.91. The normalized spacial score (nSPS) is 17.5. The number of sulfone groups is 1. The maximum Gasteiger partial charge on any atom is 0.149 e. The highest BCUT2D eigenvalue weighted by Crippen LogP contribution is 2.28. The van der Waals surface area contributed by atoms with E-state index in [9.17, 15) is 8.42 Å². The number of fused-ring (bicyclic) bond motifs is 1. The summed E-state index contributed by atoms with van der Waals surface area (Å²) in [5.41, 5.74) is 3.66. The zero-order valence-electron chi connectivity index (χ0n) is 9.95. The Morgan fingerprint density at radius 3 is 2.53 bits per heavy atom. The first-order valence-corrected chi connectivity index (χ1v) is 8.39. The lowest BCUT2D eigenvalue weighted by Gasteiger charge is -2.18. The van der Waals surface area contributed by atoms with Gasteiger partial charge in [-0.15, -0.1) is 11.6 Å². The van der Waals surface area contributed by atoms with Crippen LogP contribution in [0.3, 0.4) is 0 Å². The zero-order valence-corrected chi connectivity index (χ0v) is 11.5. The second-order valence-corrected chi connectivity index (χ2v) is 7.51. The molecule has 4 heteroatoms. The van der Waals surface area contributed by atoms with Crippen molar-refractivity contribution in [3.63, 3.8) is 0 Å². The fourth-order valence-corrected chi connectivity index (χ4v) is 3.86. The number of rotatable bonds is 3. The number of hydrogen-bond donors (Lipinski definition) is 0. The van der Waals surface area contributed by atoms with E-state index in [0.717, 1.165) is 18.4 Å². The van der Waals surface area contributed by atoms with Crippen molar-refractivity contribution in [1.82, 2.24) is 0 Å². The van der Waals surface area contributed by atoms with E-state index in [1.54, 1.807) is 0 Å². The van der Waals surface area contributed by atoms with Gasteiger partial charge in [-0.1, -0.05) is 18.2 Å².